The van der Waals surface area contributed by atoms with Gasteiger partial charge in [0.1, 0.15) is 6.61 Å². The van der Waals surface area contributed by atoms with Crippen LogP contribution in [0.5, 0.6) is 5.75 Å². The lowest BCUT2D eigenvalue weighted by Gasteiger charge is -2.17. The van der Waals surface area contributed by atoms with Crippen molar-refractivity contribution in [2.75, 3.05) is 6.61 Å². The first-order chi connectivity index (χ1) is 6.92. The zero-order valence-electron chi connectivity index (χ0n) is 8.62. The minimum absolute atomic E-state index is 0.00415. The smallest absolute Gasteiger partial charge is 0.166 e. The highest BCUT2D eigenvalue weighted by Gasteiger charge is 2.14. The molecule has 1 aromatic carbocycles. The Balaban J connectivity index is 2.76. The Morgan fingerprint density at radius 2 is 2.20 bits per heavy atom. The Morgan fingerprint density at radius 3 is 2.67 bits per heavy atom. The molecule has 1 rings (SSSR count). The molecule has 0 saturated heterocycles. The highest BCUT2D eigenvalue weighted by molar-refractivity contribution is 5.35. The predicted molar refractivity (Wildman–Crippen MR) is 52.9 cm³/mol. The third-order valence-corrected chi connectivity index (χ3v) is 1.64. The molecule has 0 radical (unpaired) electrons. The standard InChI is InChI=1S/C11H12FNO2/c1-11(2,14)7-15-10-4-3-8(6-13)5-9(10)12/h3-5,14H,7H2,1-2H3. The summed E-state index contributed by atoms with van der Waals surface area (Å²) in [4.78, 5) is 0. The van der Waals surface area contributed by atoms with Crippen molar-refractivity contribution < 1.29 is 14.2 Å². The van der Waals surface area contributed by atoms with E-state index in [4.69, 9.17) is 10.00 Å². The van der Waals surface area contributed by atoms with Crippen LogP contribution in [0.3, 0.4) is 0 Å². The molecule has 0 saturated carbocycles. The van der Waals surface area contributed by atoms with Gasteiger partial charge in [0.25, 0.3) is 0 Å². The summed E-state index contributed by atoms with van der Waals surface area (Å²) >= 11 is 0. The number of hydrogen-bond donors (Lipinski definition) is 1. The van der Waals surface area contributed by atoms with E-state index in [0.29, 0.717) is 0 Å². The molecule has 0 bridgehead atoms. The van der Waals surface area contributed by atoms with Crippen molar-refractivity contribution in [2.45, 2.75) is 19.4 Å². The molecule has 0 fully saturated rings. The molecule has 15 heavy (non-hydrogen) atoms. The van der Waals surface area contributed by atoms with Crippen molar-refractivity contribution in [2.24, 2.45) is 0 Å². The minimum atomic E-state index is -1.01. The van der Waals surface area contributed by atoms with Gasteiger partial charge in [0.05, 0.1) is 17.2 Å². The number of nitriles is 1. The molecule has 0 aliphatic rings. The molecule has 1 aromatic rings. The number of halogens is 1. The van der Waals surface area contributed by atoms with E-state index in [-0.39, 0.29) is 17.9 Å². The number of hydrogen-bond acceptors (Lipinski definition) is 3. The van der Waals surface area contributed by atoms with Crippen LogP contribution in [0.2, 0.25) is 0 Å². The van der Waals surface area contributed by atoms with Gasteiger partial charge in [0.15, 0.2) is 11.6 Å². The summed E-state index contributed by atoms with van der Waals surface area (Å²) < 4.78 is 18.3. The monoisotopic (exact) mass is 209 g/mol. The van der Waals surface area contributed by atoms with E-state index in [1.807, 2.05) is 6.07 Å². The van der Waals surface area contributed by atoms with E-state index in [0.717, 1.165) is 6.07 Å². The second kappa shape index (κ2) is 4.28. The number of aliphatic hydroxyl groups is 1. The summed E-state index contributed by atoms with van der Waals surface area (Å²) in [6, 6.07) is 5.76. The normalized spacial score (nSPS) is 10.9. The molecule has 3 nitrogen and oxygen atoms in total. The van der Waals surface area contributed by atoms with E-state index in [9.17, 15) is 9.50 Å². The van der Waals surface area contributed by atoms with Crippen LogP contribution in [0.4, 0.5) is 4.39 Å². The van der Waals surface area contributed by atoms with Crippen molar-refractivity contribution in [3.05, 3.63) is 29.6 Å². The molecular weight excluding hydrogens is 197 g/mol. The third kappa shape index (κ3) is 3.56. The van der Waals surface area contributed by atoms with Gasteiger partial charge in [-0.25, -0.2) is 4.39 Å². The molecule has 80 valence electrons. The van der Waals surface area contributed by atoms with Crippen LogP contribution in [0.1, 0.15) is 19.4 Å². The molecule has 0 atom stereocenters. The van der Waals surface area contributed by atoms with Gasteiger partial charge in [-0.3, -0.25) is 0 Å². The molecule has 0 unspecified atom stereocenters. The van der Waals surface area contributed by atoms with Crippen molar-refractivity contribution in [3.63, 3.8) is 0 Å². The Morgan fingerprint density at radius 1 is 1.53 bits per heavy atom. The molecule has 0 amide bonds. The second-order valence-electron chi connectivity index (χ2n) is 3.86. The van der Waals surface area contributed by atoms with E-state index in [1.54, 1.807) is 13.8 Å². The molecule has 0 heterocycles. The highest BCUT2D eigenvalue weighted by atomic mass is 19.1. The maximum absolute atomic E-state index is 13.3. The first kappa shape index (κ1) is 11.5. The van der Waals surface area contributed by atoms with E-state index in [2.05, 4.69) is 0 Å². The first-order valence-corrected chi connectivity index (χ1v) is 4.47. The van der Waals surface area contributed by atoms with E-state index in [1.165, 1.54) is 12.1 Å². The van der Waals surface area contributed by atoms with Crippen molar-refractivity contribution >= 4 is 0 Å². The second-order valence-corrected chi connectivity index (χ2v) is 3.86. The fourth-order valence-electron chi connectivity index (χ4n) is 0.942. The van der Waals surface area contributed by atoms with Crippen LogP contribution in [0.15, 0.2) is 18.2 Å². The summed E-state index contributed by atoms with van der Waals surface area (Å²) in [5, 5.41) is 17.9. The van der Waals surface area contributed by atoms with Gasteiger partial charge in [0.2, 0.25) is 0 Å². The summed E-state index contributed by atoms with van der Waals surface area (Å²) in [6.45, 7) is 3.12. The molecule has 0 aliphatic carbocycles. The highest BCUT2D eigenvalue weighted by Crippen LogP contribution is 2.19. The SMILES string of the molecule is CC(C)(O)COc1ccc(C#N)cc1F. The summed E-state index contributed by atoms with van der Waals surface area (Å²) in [5.74, 6) is -0.561. The predicted octanol–water partition coefficient (Wildman–Crippen LogP) is 1.85. The van der Waals surface area contributed by atoms with Gasteiger partial charge in [-0.15, -0.1) is 0 Å². The van der Waals surface area contributed by atoms with Crippen molar-refractivity contribution in [1.29, 1.82) is 5.26 Å². The molecule has 0 aliphatic heterocycles. The Bertz CT molecular complexity index is 391. The first-order valence-electron chi connectivity index (χ1n) is 4.47. The van der Waals surface area contributed by atoms with Crippen LogP contribution >= 0.6 is 0 Å². The zero-order valence-corrected chi connectivity index (χ0v) is 8.62. The van der Waals surface area contributed by atoms with Gasteiger partial charge in [-0.05, 0) is 32.0 Å². The number of benzene rings is 1. The maximum Gasteiger partial charge on any atom is 0.166 e. The van der Waals surface area contributed by atoms with Crippen molar-refractivity contribution in [3.8, 4) is 11.8 Å². The average molecular weight is 209 g/mol. The Hall–Kier alpha value is -1.60. The van der Waals surface area contributed by atoms with Crippen molar-refractivity contribution in [1.82, 2.24) is 0 Å². The van der Waals surface area contributed by atoms with Gasteiger partial charge >= 0.3 is 0 Å². The van der Waals surface area contributed by atoms with Crippen LogP contribution in [-0.4, -0.2) is 17.3 Å². The zero-order chi connectivity index (χ0) is 11.5. The molecule has 0 spiro atoms. The average Bonchev–Trinajstić information content (AvgIpc) is 2.14. The van der Waals surface area contributed by atoms with Gasteiger partial charge in [-0.1, -0.05) is 0 Å². The Labute approximate surface area is 87.7 Å². The number of nitrogens with zero attached hydrogens (tertiary/aromatic N) is 1. The van der Waals surface area contributed by atoms with Crippen LogP contribution < -0.4 is 4.74 Å². The lowest BCUT2D eigenvalue weighted by atomic mass is 10.1. The summed E-state index contributed by atoms with van der Waals surface area (Å²) in [7, 11) is 0. The minimum Gasteiger partial charge on any atom is -0.488 e. The Kier molecular flexibility index (Phi) is 3.28. The van der Waals surface area contributed by atoms with Gasteiger partial charge < -0.3 is 9.84 Å². The summed E-state index contributed by atoms with van der Waals surface area (Å²) in [6.07, 6.45) is 0. The largest absolute Gasteiger partial charge is 0.488 e. The number of rotatable bonds is 3. The summed E-state index contributed by atoms with van der Waals surface area (Å²) in [5.41, 5.74) is -0.775. The fourth-order valence-corrected chi connectivity index (χ4v) is 0.942. The molecule has 1 N–H and O–H groups in total. The third-order valence-electron chi connectivity index (χ3n) is 1.64. The van der Waals surface area contributed by atoms with E-state index >= 15 is 0 Å². The number of ether oxygens (including phenoxy) is 1. The lowest BCUT2D eigenvalue weighted by molar-refractivity contribution is 0.0272. The van der Waals surface area contributed by atoms with Crippen LogP contribution in [-0.2, 0) is 0 Å². The lowest BCUT2D eigenvalue weighted by Crippen LogP contribution is -2.28. The molecular formula is C11H12FNO2. The molecule has 4 heteroatoms. The van der Waals surface area contributed by atoms with Crippen LogP contribution in [0, 0.1) is 17.1 Å². The fraction of sp³-hybridized carbons (Fsp3) is 0.364. The quantitative estimate of drug-likeness (QED) is 0.826. The van der Waals surface area contributed by atoms with Gasteiger partial charge in [-0.2, -0.15) is 5.26 Å². The maximum atomic E-state index is 13.3. The van der Waals surface area contributed by atoms with Gasteiger partial charge in [0, 0.05) is 0 Å². The molecule has 0 aromatic heterocycles. The van der Waals surface area contributed by atoms with Crippen LogP contribution in [0.25, 0.3) is 0 Å². The van der Waals surface area contributed by atoms with E-state index < -0.39 is 11.4 Å². The topological polar surface area (TPSA) is 53.2 Å².